The molecule has 0 heterocycles. The molecule has 0 aliphatic rings. The second-order valence-electron chi connectivity index (χ2n) is 6.43. The summed E-state index contributed by atoms with van der Waals surface area (Å²) >= 11 is 0. The van der Waals surface area contributed by atoms with Crippen LogP contribution in [0.2, 0.25) is 0 Å². The van der Waals surface area contributed by atoms with E-state index in [0.29, 0.717) is 11.5 Å². The molecule has 0 aliphatic carbocycles. The standard InChI is InChI=1S/C24H20O8/c1-4-18-21(26)20(31-23(27)14-7-5-9-16(11-14)29-2)13-19(25)22(18)32-24(28)15-8-6-10-17(12-15)30-3/h4-13,25-26H,1H2,2-3H3. The van der Waals surface area contributed by atoms with Gasteiger partial charge in [-0.2, -0.15) is 0 Å². The summed E-state index contributed by atoms with van der Waals surface area (Å²) in [5.41, 5.74) is 0.193. The van der Waals surface area contributed by atoms with E-state index in [4.69, 9.17) is 18.9 Å². The predicted octanol–water partition coefficient (Wildman–Crippen LogP) is 4.20. The molecular weight excluding hydrogens is 416 g/mol. The molecule has 3 aromatic rings. The molecule has 8 heteroatoms. The normalized spacial score (nSPS) is 10.2. The Morgan fingerprint density at radius 3 is 1.88 bits per heavy atom. The minimum absolute atomic E-state index is 0.130. The van der Waals surface area contributed by atoms with Crippen molar-refractivity contribution in [3.05, 3.63) is 77.9 Å². The van der Waals surface area contributed by atoms with Gasteiger partial charge in [-0.15, -0.1) is 0 Å². The molecule has 0 aliphatic heterocycles. The highest BCUT2D eigenvalue weighted by Crippen LogP contribution is 2.44. The fourth-order valence-electron chi connectivity index (χ4n) is 2.82. The predicted molar refractivity (Wildman–Crippen MR) is 116 cm³/mol. The van der Waals surface area contributed by atoms with Crippen LogP contribution in [0.5, 0.6) is 34.5 Å². The average molecular weight is 436 g/mol. The Balaban J connectivity index is 1.90. The molecule has 8 nitrogen and oxygen atoms in total. The Kier molecular flexibility index (Phi) is 6.65. The van der Waals surface area contributed by atoms with E-state index >= 15 is 0 Å². The first kappa shape index (κ1) is 22.2. The van der Waals surface area contributed by atoms with Crippen LogP contribution in [0.1, 0.15) is 26.3 Å². The molecule has 0 fully saturated rings. The number of esters is 2. The summed E-state index contributed by atoms with van der Waals surface area (Å²) in [4.78, 5) is 25.0. The molecule has 0 spiro atoms. The van der Waals surface area contributed by atoms with Crippen LogP contribution in [0.3, 0.4) is 0 Å². The first-order chi connectivity index (χ1) is 15.4. The number of hydrogen-bond acceptors (Lipinski definition) is 8. The van der Waals surface area contributed by atoms with E-state index in [9.17, 15) is 19.8 Å². The lowest BCUT2D eigenvalue weighted by Crippen LogP contribution is -2.11. The maximum absolute atomic E-state index is 12.5. The fraction of sp³-hybridized carbons (Fsp3) is 0.0833. The van der Waals surface area contributed by atoms with E-state index in [1.165, 1.54) is 38.5 Å². The van der Waals surface area contributed by atoms with Gasteiger partial charge < -0.3 is 29.2 Å². The number of ether oxygens (including phenoxy) is 4. The van der Waals surface area contributed by atoms with Crippen molar-refractivity contribution in [2.45, 2.75) is 0 Å². The van der Waals surface area contributed by atoms with Crippen LogP contribution >= 0.6 is 0 Å². The molecule has 0 atom stereocenters. The number of carbonyl (C=O) groups is 2. The van der Waals surface area contributed by atoms with Crippen molar-refractivity contribution < 1.29 is 38.7 Å². The second kappa shape index (κ2) is 9.57. The Labute approximate surface area is 183 Å². The molecule has 0 saturated heterocycles. The van der Waals surface area contributed by atoms with Gasteiger partial charge in [-0.1, -0.05) is 24.8 Å². The summed E-state index contributed by atoms with van der Waals surface area (Å²) in [7, 11) is 2.91. The monoisotopic (exact) mass is 436 g/mol. The first-order valence-electron chi connectivity index (χ1n) is 9.31. The van der Waals surface area contributed by atoms with Crippen molar-refractivity contribution in [2.75, 3.05) is 14.2 Å². The van der Waals surface area contributed by atoms with Gasteiger partial charge in [0.2, 0.25) is 0 Å². The Bertz CT molecular complexity index is 1180. The largest absolute Gasteiger partial charge is 0.504 e. The number of rotatable bonds is 7. The van der Waals surface area contributed by atoms with Crippen molar-refractivity contribution in [2.24, 2.45) is 0 Å². The number of methoxy groups -OCH3 is 2. The van der Waals surface area contributed by atoms with Gasteiger partial charge in [0, 0.05) is 6.07 Å². The average Bonchev–Trinajstić information content (AvgIpc) is 2.82. The number of aromatic hydroxyl groups is 2. The van der Waals surface area contributed by atoms with E-state index in [1.54, 1.807) is 24.3 Å². The maximum atomic E-state index is 12.5. The van der Waals surface area contributed by atoms with Crippen molar-refractivity contribution >= 4 is 18.0 Å². The van der Waals surface area contributed by atoms with E-state index in [-0.39, 0.29) is 28.2 Å². The van der Waals surface area contributed by atoms with Crippen LogP contribution in [-0.4, -0.2) is 36.4 Å². The van der Waals surface area contributed by atoms with Gasteiger partial charge in [-0.25, -0.2) is 9.59 Å². The van der Waals surface area contributed by atoms with Gasteiger partial charge in [-0.05, 0) is 36.4 Å². The molecule has 0 bridgehead atoms. The number of phenols is 2. The van der Waals surface area contributed by atoms with Crippen LogP contribution in [-0.2, 0) is 0 Å². The van der Waals surface area contributed by atoms with Crippen LogP contribution < -0.4 is 18.9 Å². The topological polar surface area (TPSA) is 112 Å². The molecule has 3 rings (SSSR count). The molecule has 0 amide bonds. The van der Waals surface area contributed by atoms with Crippen LogP contribution in [0, 0.1) is 0 Å². The lowest BCUT2D eigenvalue weighted by atomic mass is 10.1. The number of benzene rings is 3. The van der Waals surface area contributed by atoms with Crippen molar-refractivity contribution in [1.29, 1.82) is 0 Å². The van der Waals surface area contributed by atoms with Crippen molar-refractivity contribution in [3.8, 4) is 34.5 Å². The third kappa shape index (κ3) is 4.65. The molecule has 0 unspecified atom stereocenters. The minimum atomic E-state index is -0.803. The van der Waals surface area contributed by atoms with Crippen molar-refractivity contribution in [3.63, 3.8) is 0 Å². The van der Waals surface area contributed by atoms with Gasteiger partial charge in [0.1, 0.15) is 11.5 Å². The Hall–Kier alpha value is -4.46. The van der Waals surface area contributed by atoms with Crippen LogP contribution in [0.15, 0.2) is 61.2 Å². The summed E-state index contributed by atoms with van der Waals surface area (Å²) in [6.07, 6.45) is 1.16. The van der Waals surface area contributed by atoms with Crippen LogP contribution in [0.4, 0.5) is 0 Å². The van der Waals surface area contributed by atoms with Gasteiger partial charge in [-0.3, -0.25) is 0 Å². The lowest BCUT2D eigenvalue weighted by molar-refractivity contribution is 0.0711. The smallest absolute Gasteiger partial charge is 0.343 e. The molecular formula is C24H20O8. The molecule has 0 radical (unpaired) electrons. The molecule has 32 heavy (non-hydrogen) atoms. The van der Waals surface area contributed by atoms with Crippen LogP contribution in [0.25, 0.3) is 6.08 Å². The zero-order valence-corrected chi connectivity index (χ0v) is 17.3. The first-order valence-corrected chi connectivity index (χ1v) is 9.31. The zero-order valence-electron chi connectivity index (χ0n) is 17.3. The molecule has 2 N–H and O–H groups in total. The highest BCUT2D eigenvalue weighted by molar-refractivity contribution is 5.94. The summed E-state index contributed by atoms with van der Waals surface area (Å²) in [6.45, 7) is 3.56. The third-order valence-corrected chi connectivity index (χ3v) is 4.45. The molecule has 3 aromatic carbocycles. The minimum Gasteiger partial charge on any atom is -0.504 e. The van der Waals surface area contributed by atoms with Gasteiger partial charge >= 0.3 is 11.9 Å². The number of phenolic OH excluding ortho intramolecular Hbond substituents is 2. The maximum Gasteiger partial charge on any atom is 0.343 e. The highest BCUT2D eigenvalue weighted by atomic mass is 16.6. The third-order valence-electron chi connectivity index (χ3n) is 4.45. The summed E-state index contributed by atoms with van der Waals surface area (Å²) in [5.74, 6) is -2.48. The van der Waals surface area contributed by atoms with E-state index < -0.39 is 23.4 Å². The molecule has 0 saturated carbocycles. The lowest BCUT2D eigenvalue weighted by Gasteiger charge is -2.15. The van der Waals surface area contributed by atoms with E-state index in [1.807, 2.05) is 0 Å². The van der Waals surface area contributed by atoms with E-state index in [2.05, 4.69) is 6.58 Å². The Morgan fingerprint density at radius 1 is 0.844 bits per heavy atom. The van der Waals surface area contributed by atoms with Gasteiger partial charge in [0.05, 0.1) is 30.9 Å². The number of carbonyl (C=O) groups excluding carboxylic acids is 2. The SMILES string of the molecule is C=Cc1c(O)c(OC(=O)c2cccc(OC)c2)cc(O)c1OC(=O)c1cccc(OC)c1. The summed E-state index contributed by atoms with van der Waals surface area (Å²) < 4.78 is 20.6. The Morgan fingerprint density at radius 2 is 1.38 bits per heavy atom. The van der Waals surface area contributed by atoms with Crippen molar-refractivity contribution in [1.82, 2.24) is 0 Å². The van der Waals surface area contributed by atoms with Gasteiger partial charge in [0.25, 0.3) is 0 Å². The fourth-order valence-corrected chi connectivity index (χ4v) is 2.82. The van der Waals surface area contributed by atoms with E-state index in [0.717, 1.165) is 12.1 Å². The molecule has 0 aromatic heterocycles. The summed E-state index contributed by atoms with van der Waals surface area (Å²) in [6, 6.07) is 13.4. The second-order valence-corrected chi connectivity index (χ2v) is 6.43. The highest BCUT2D eigenvalue weighted by Gasteiger charge is 2.23. The zero-order chi connectivity index (χ0) is 23.3. The molecule has 164 valence electrons. The quantitative estimate of drug-likeness (QED) is 0.322. The van der Waals surface area contributed by atoms with Gasteiger partial charge in [0.15, 0.2) is 23.0 Å². The number of hydrogen-bond donors (Lipinski definition) is 2. The summed E-state index contributed by atoms with van der Waals surface area (Å²) in [5, 5.41) is 21.0.